The number of aromatic nitrogens is 1. The van der Waals surface area contributed by atoms with E-state index in [1.165, 1.54) is 0 Å². The number of carbonyl (C=O) groups is 3. The van der Waals surface area contributed by atoms with Gasteiger partial charge in [-0.05, 0) is 36.8 Å². The molecule has 0 spiro atoms. The van der Waals surface area contributed by atoms with Crippen molar-refractivity contribution in [2.45, 2.75) is 13.0 Å². The summed E-state index contributed by atoms with van der Waals surface area (Å²) in [6, 6.07) is 23.1. The molecule has 0 fully saturated rings. The van der Waals surface area contributed by atoms with E-state index in [1.54, 1.807) is 19.1 Å². The van der Waals surface area contributed by atoms with Crippen molar-refractivity contribution < 1.29 is 39.1 Å². The molecule has 1 heterocycles. The molecule has 3 aromatic rings. The highest BCUT2D eigenvalue weighted by Crippen LogP contribution is 2.22. The number of amides is 1. The maximum absolute atomic E-state index is 11.6. The highest BCUT2D eigenvalue weighted by molar-refractivity contribution is 5.88. The molecule has 0 radical (unpaired) electrons. The summed E-state index contributed by atoms with van der Waals surface area (Å²) in [7, 11) is 0. The average molecular weight is 509 g/mol. The number of benzene rings is 2. The molecule has 194 valence electrons. The first-order valence-electron chi connectivity index (χ1n) is 11.1. The van der Waals surface area contributed by atoms with Crippen LogP contribution in [0.4, 0.5) is 22.1 Å². The van der Waals surface area contributed by atoms with Gasteiger partial charge in [-0.2, -0.15) is 0 Å². The Morgan fingerprint density at radius 1 is 1.03 bits per heavy atom. The minimum absolute atomic E-state index is 0.115. The van der Waals surface area contributed by atoms with Crippen LogP contribution in [0.2, 0.25) is 0 Å². The number of nitrogens with two attached hydrogens (primary N) is 1. The number of nitrogens with one attached hydrogen (secondary N) is 3. The lowest BCUT2D eigenvalue weighted by Crippen LogP contribution is -2.26. The molecule has 0 saturated carbocycles. The van der Waals surface area contributed by atoms with Gasteiger partial charge < -0.3 is 30.2 Å². The summed E-state index contributed by atoms with van der Waals surface area (Å²) < 4.78 is 10.8. The minimum atomic E-state index is -1.51. The molecule has 1 aromatic heterocycles. The second-order valence-corrected chi connectivity index (χ2v) is 7.27. The molecule has 0 aliphatic carbocycles. The zero-order valence-electron chi connectivity index (χ0n) is 20.0. The summed E-state index contributed by atoms with van der Waals surface area (Å²) in [6.07, 6.45) is 0.393. The molecule has 1 atom stereocenters. The molecule has 6 N–H and O–H groups in total. The van der Waals surface area contributed by atoms with Gasteiger partial charge in [-0.15, -0.1) is 0 Å². The summed E-state index contributed by atoms with van der Waals surface area (Å²) in [5.41, 5.74) is 7.57. The van der Waals surface area contributed by atoms with Gasteiger partial charge in [0.1, 0.15) is 24.1 Å². The Bertz CT molecular complexity index is 1170. The number of pyridine rings is 1. The number of aromatic amines is 1. The third-order valence-corrected chi connectivity index (χ3v) is 4.54. The topological polar surface area (TPSA) is 177 Å². The molecule has 2 aromatic carbocycles. The second-order valence-electron chi connectivity index (χ2n) is 7.27. The highest BCUT2D eigenvalue weighted by Gasteiger charge is 2.18. The fourth-order valence-corrected chi connectivity index (χ4v) is 2.91. The van der Waals surface area contributed by atoms with Crippen molar-refractivity contribution >= 4 is 35.4 Å². The van der Waals surface area contributed by atoms with Gasteiger partial charge in [-0.25, -0.2) is 14.6 Å². The number of rotatable bonds is 10. The average Bonchev–Trinajstić information content (AvgIpc) is 2.88. The highest BCUT2D eigenvalue weighted by atomic mass is 16.5. The Hall–Kier alpha value is -5.06. The Morgan fingerprint density at radius 3 is 2.22 bits per heavy atom. The quantitative estimate of drug-likeness (QED) is 0.299. The number of carbonyl (C=O) groups excluding carboxylic acids is 2. The number of ether oxygens (including phenoxy) is 2. The van der Waals surface area contributed by atoms with Crippen LogP contribution in [0.25, 0.3) is 0 Å². The number of para-hydroxylation sites is 1. The molecule has 11 heteroatoms. The van der Waals surface area contributed by atoms with Gasteiger partial charge in [0.2, 0.25) is 11.6 Å². The molecule has 1 amide bonds. The third kappa shape index (κ3) is 10.8. The first-order chi connectivity index (χ1) is 17.8. The molecule has 37 heavy (non-hydrogen) atoms. The lowest BCUT2D eigenvalue weighted by molar-refractivity contribution is -0.342. The van der Waals surface area contributed by atoms with Gasteiger partial charge in [0.05, 0.1) is 12.6 Å². The van der Waals surface area contributed by atoms with Gasteiger partial charge >= 0.3 is 12.1 Å². The Balaban J connectivity index is 0.000000521. The van der Waals surface area contributed by atoms with Crippen LogP contribution in [-0.4, -0.2) is 36.4 Å². The molecule has 11 nitrogen and oxygen atoms in total. The van der Waals surface area contributed by atoms with Gasteiger partial charge in [-0.1, -0.05) is 48.5 Å². The standard InChI is InChI=1S/C22H24N4O3.C4H4O4/c1-2-28-22(27)25-18-13-14-20(26-21(18)23)24-19(16-9-5-3-6-10-16)15-29-17-11-7-4-8-12-17;5-3(6)1-2-4(7)8/h3-14,19H,2,15H2,1H3,(H,25,27)(H3,23,24,26);1-2H,(H,5,6)(H,7,8)/b;2-1+. The van der Waals surface area contributed by atoms with Gasteiger partial charge in [0, 0.05) is 12.1 Å². The van der Waals surface area contributed by atoms with E-state index >= 15 is 0 Å². The van der Waals surface area contributed by atoms with Crippen molar-refractivity contribution in [2.24, 2.45) is 0 Å². The lowest BCUT2D eigenvalue weighted by atomic mass is 10.1. The van der Waals surface area contributed by atoms with E-state index in [0.29, 0.717) is 36.1 Å². The maximum Gasteiger partial charge on any atom is 0.411 e. The van der Waals surface area contributed by atoms with Crippen LogP contribution in [-0.2, 0) is 14.3 Å². The molecular formula is C26H28N4O7. The van der Waals surface area contributed by atoms with E-state index in [2.05, 4.69) is 15.6 Å². The van der Waals surface area contributed by atoms with Crippen molar-refractivity contribution in [3.63, 3.8) is 0 Å². The largest absolute Gasteiger partial charge is 0.545 e. The third-order valence-electron chi connectivity index (χ3n) is 4.54. The second kappa shape index (κ2) is 15.0. The number of H-pyrrole nitrogens is 1. The zero-order valence-corrected chi connectivity index (χ0v) is 20.0. The van der Waals surface area contributed by atoms with Crippen molar-refractivity contribution in [1.82, 2.24) is 0 Å². The van der Waals surface area contributed by atoms with Crippen LogP contribution in [0.5, 0.6) is 5.75 Å². The zero-order chi connectivity index (χ0) is 27.0. The Morgan fingerprint density at radius 2 is 1.68 bits per heavy atom. The first kappa shape index (κ1) is 28.2. The lowest BCUT2D eigenvalue weighted by Gasteiger charge is -2.18. The number of hydrogen-bond donors (Lipinski definition) is 4. The smallest absolute Gasteiger partial charge is 0.411 e. The number of hydrogen-bond acceptors (Lipinski definition) is 8. The van der Waals surface area contributed by atoms with Crippen molar-refractivity contribution in [1.29, 1.82) is 0 Å². The molecule has 0 saturated heterocycles. The Labute approximate surface area is 213 Å². The van der Waals surface area contributed by atoms with Crippen LogP contribution < -0.4 is 31.2 Å². The molecule has 1 unspecified atom stereocenters. The first-order valence-corrected chi connectivity index (χ1v) is 11.1. The van der Waals surface area contributed by atoms with E-state index in [-0.39, 0.29) is 12.6 Å². The van der Waals surface area contributed by atoms with Gasteiger partial charge in [0.15, 0.2) is 0 Å². The SMILES string of the molecule is CCOC(=O)Nc1ccc(NC(COc2ccccc2)c2ccccc2)[nH+]c1N.O=C([O-])/C=C/C(=O)O. The van der Waals surface area contributed by atoms with Crippen LogP contribution in [0.1, 0.15) is 18.5 Å². The Kier molecular flexibility index (Phi) is 11.5. The van der Waals surface area contributed by atoms with Gasteiger partial charge in [0.25, 0.3) is 0 Å². The minimum Gasteiger partial charge on any atom is -0.545 e. The van der Waals surface area contributed by atoms with Crippen LogP contribution in [0, 0.1) is 0 Å². The maximum atomic E-state index is 11.6. The monoisotopic (exact) mass is 508 g/mol. The molecule has 3 rings (SSSR count). The van der Waals surface area contributed by atoms with Crippen molar-refractivity contribution in [3.05, 3.63) is 90.5 Å². The summed E-state index contributed by atoms with van der Waals surface area (Å²) in [5.74, 6) is -0.990. The van der Waals surface area contributed by atoms with E-state index < -0.39 is 18.0 Å². The predicted molar refractivity (Wildman–Crippen MR) is 135 cm³/mol. The molecular weight excluding hydrogens is 480 g/mol. The van der Waals surface area contributed by atoms with E-state index in [9.17, 15) is 19.5 Å². The number of anilines is 3. The number of carboxylic acids is 2. The fraction of sp³-hybridized carbons (Fsp3) is 0.154. The number of aliphatic carboxylic acids is 2. The predicted octanol–water partition coefficient (Wildman–Crippen LogP) is 2.26. The molecule has 0 aliphatic rings. The van der Waals surface area contributed by atoms with Gasteiger partial charge in [-0.3, -0.25) is 10.6 Å². The number of nitrogen functional groups attached to an aromatic ring is 1. The normalized spacial score (nSPS) is 10.9. The summed E-state index contributed by atoms with van der Waals surface area (Å²) >= 11 is 0. The van der Waals surface area contributed by atoms with E-state index in [1.807, 2.05) is 60.7 Å². The summed E-state index contributed by atoms with van der Waals surface area (Å²) in [4.78, 5) is 33.6. The fourth-order valence-electron chi connectivity index (χ4n) is 2.91. The molecule has 0 bridgehead atoms. The van der Waals surface area contributed by atoms with Crippen molar-refractivity contribution in [2.75, 3.05) is 29.6 Å². The van der Waals surface area contributed by atoms with Crippen LogP contribution in [0.3, 0.4) is 0 Å². The van der Waals surface area contributed by atoms with Crippen LogP contribution >= 0.6 is 0 Å². The molecule has 0 aliphatic heterocycles. The van der Waals surface area contributed by atoms with Crippen molar-refractivity contribution in [3.8, 4) is 5.75 Å². The number of carboxylic acid groups (broad SMARTS) is 2. The van der Waals surface area contributed by atoms with E-state index in [4.69, 9.17) is 20.3 Å². The van der Waals surface area contributed by atoms with E-state index in [0.717, 1.165) is 11.3 Å². The summed E-state index contributed by atoms with van der Waals surface area (Å²) in [5, 5.41) is 23.2. The summed E-state index contributed by atoms with van der Waals surface area (Å²) in [6.45, 7) is 2.45. The van der Waals surface area contributed by atoms with Crippen LogP contribution in [0.15, 0.2) is 84.9 Å².